The normalized spacial score (nSPS) is 12.1. The van der Waals surface area contributed by atoms with Crippen molar-refractivity contribution in [2.24, 2.45) is 0 Å². The number of anilines is 1. The number of nitrogens with zero attached hydrogens (tertiary/aromatic N) is 2. The molecule has 0 amide bonds. The van der Waals surface area contributed by atoms with Gasteiger partial charge in [0.05, 0.1) is 18.8 Å². The summed E-state index contributed by atoms with van der Waals surface area (Å²) in [5.74, 6) is 2.40. The van der Waals surface area contributed by atoms with E-state index in [1.54, 1.807) is 7.11 Å². The fraction of sp³-hybridized carbons (Fsp3) is 0.182. The SMILES string of the molecule is COc1cccc([C@H](C)Nc2cc(-c3ccc4c[nH]ccc3-4)nc(C)n2)c1. The molecule has 1 aliphatic carbocycles. The molecule has 0 saturated heterocycles. The van der Waals surface area contributed by atoms with Gasteiger partial charge in [0.15, 0.2) is 0 Å². The molecule has 2 aliphatic rings. The van der Waals surface area contributed by atoms with Gasteiger partial charge in [0.1, 0.15) is 17.4 Å². The smallest absolute Gasteiger partial charge is 0.130 e. The van der Waals surface area contributed by atoms with Crippen LogP contribution in [0.3, 0.4) is 0 Å². The zero-order valence-electron chi connectivity index (χ0n) is 15.7. The summed E-state index contributed by atoms with van der Waals surface area (Å²) < 4.78 is 5.33. The van der Waals surface area contributed by atoms with E-state index in [4.69, 9.17) is 4.74 Å². The lowest BCUT2D eigenvalue weighted by molar-refractivity contribution is 0.414. The summed E-state index contributed by atoms with van der Waals surface area (Å²) in [5.41, 5.74) is 5.52. The molecule has 136 valence electrons. The van der Waals surface area contributed by atoms with Crippen LogP contribution in [0.15, 0.2) is 60.9 Å². The Bertz CT molecular complexity index is 1040. The van der Waals surface area contributed by atoms with Crippen molar-refractivity contribution in [3.8, 4) is 28.1 Å². The van der Waals surface area contributed by atoms with Crippen molar-refractivity contribution in [3.05, 3.63) is 72.3 Å². The van der Waals surface area contributed by atoms with Crippen molar-refractivity contribution >= 4 is 5.82 Å². The molecule has 4 rings (SSSR count). The Morgan fingerprint density at radius 3 is 2.78 bits per heavy atom. The van der Waals surface area contributed by atoms with E-state index < -0.39 is 0 Å². The van der Waals surface area contributed by atoms with Crippen LogP contribution in [0.25, 0.3) is 22.4 Å². The van der Waals surface area contributed by atoms with Crippen molar-refractivity contribution in [1.29, 1.82) is 0 Å². The first kappa shape index (κ1) is 17.1. The Labute approximate surface area is 158 Å². The molecule has 1 atom stereocenters. The van der Waals surface area contributed by atoms with Gasteiger partial charge in [-0.15, -0.1) is 0 Å². The number of aryl methyl sites for hydroxylation is 1. The summed E-state index contributed by atoms with van der Waals surface area (Å²) in [4.78, 5) is 12.3. The second-order valence-corrected chi connectivity index (χ2v) is 6.59. The molecule has 2 N–H and O–H groups in total. The first-order valence-corrected chi connectivity index (χ1v) is 8.96. The largest absolute Gasteiger partial charge is 0.497 e. The average molecular weight is 358 g/mol. The number of nitrogens with one attached hydrogen (secondary N) is 2. The summed E-state index contributed by atoms with van der Waals surface area (Å²) >= 11 is 0. The molecule has 5 nitrogen and oxygen atoms in total. The van der Waals surface area contributed by atoms with Crippen molar-refractivity contribution in [1.82, 2.24) is 15.0 Å². The minimum Gasteiger partial charge on any atom is -0.497 e. The highest BCUT2D eigenvalue weighted by Gasteiger charge is 2.14. The van der Waals surface area contributed by atoms with Crippen LogP contribution in [0.4, 0.5) is 5.82 Å². The second-order valence-electron chi connectivity index (χ2n) is 6.59. The van der Waals surface area contributed by atoms with Gasteiger partial charge in [0.25, 0.3) is 0 Å². The van der Waals surface area contributed by atoms with Gasteiger partial charge in [0, 0.05) is 24.0 Å². The Kier molecular flexibility index (Phi) is 4.50. The van der Waals surface area contributed by atoms with Crippen LogP contribution in [0.1, 0.15) is 24.4 Å². The molecule has 0 bridgehead atoms. The second kappa shape index (κ2) is 7.11. The molecule has 0 unspecified atom stereocenters. The van der Waals surface area contributed by atoms with Crippen molar-refractivity contribution in [3.63, 3.8) is 0 Å². The van der Waals surface area contributed by atoms with Gasteiger partial charge in [-0.05, 0) is 48.7 Å². The number of H-pyrrole nitrogens is 1. The van der Waals surface area contributed by atoms with Crippen LogP contribution in [0.5, 0.6) is 5.75 Å². The minimum atomic E-state index is 0.0910. The molecule has 1 aromatic heterocycles. The summed E-state index contributed by atoms with van der Waals surface area (Å²) in [7, 11) is 1.68. The zero-order chi connectivity index (χ0) is 18.8. The van der Waals surface area contributed by atoms with E-state index in [1.807, 2.05) is 43.6 Å². The first-order chi connectivity index (χ1) is 13.1. The van der Waals surface area contributed by atoms with Gasteiger partial charge in [-0.1, -0.05) is 24.3 Å². The van der Waals surface area contributed by atoms with E-state index in [9.17, 15) is 0 Å². The lowest BCUT2D eigenvalue weighted by atomic mass is 10.1. The van der Waals surface area contributed by atoms with E-state index in [-0.39, 0.29) is 6.04 Å². The molecular weight excluding hydrogens is 336 g/mol. The number of pyridine rings is 1. The van der Waals surface area contributed by atoms with Crippen molar-refractivity contribution in [2.75, 3.05) is 12.4 Å². The standard InChI is InChI=1S/C22H22N4O/c1-14(16-5-4-6-18(11-16)27-3)24-22-12-21(25-15(2)26-22)20-8-7-17-13-23-10-9-19(17)20/h4-14,23H,1-3H3,(H,24,25,26)/t14-/m0/s1. The third-order valence-electron chi connectivity index (χ3n) is 4.69. The first-order valence-electron chi connectivity index (χ1n) is 8.96. The number of aromatic nitrogens is 3. The number of ether oxygens (including phenoxy) is 1. The number of fused-ring (bicyclic) bond motifs is 1. The summed E-state index contributed by atoms with van der Waals surface area (Å²) in [5, 5.41) is 3.49. The lowest BCUT2D eigenvalue weighted by Crippen LogP contribution is -2.09. The highest BCUT2D eigenvalue weighted by atomic mass is 16.5. The van der Waals surface area contributed by atoms with Gasteiger partial charge < -0.3 is 15.0 Å². The number of hydrogen-bond donors (Lipinski definition) is 2. The number of aromatic amines is 1. The van der Waals surface area contributed by atoms with Crippen LogP contribution < -0.4 is 10.1 Å². The van der Waals surface area contributed by atoms with Crippen LogP contribution in [-0.2, 0) is 0 Å². The van der Waals surface area contributed by atoms with Gasteiger partial charge >= 0.3 is 0 Å². The minimum absolute atomic E-state index is 0.0910. The highest BCUT2D eigenvalue weighted by Crippen LogP contribution is 2.35. The maximum absolute atomic E-state index is 5.33. The molecule has 1 aromatic carbocycles. The third-order valence-corrected chi connectivity index (χ3v) is 4.69. The Hall–Kier alpha value is -3.34. The Morgan fingerprint density at radius 2 is 1.93 bits per heavy atom. The van der Waals surface area contributed by atoms with Gasteiger partial charge in [-0.3, -0.25) is 0 Å². The maximum Gasteiger partial charge on any atom is 0.130 e. The molecule has 1 aliphatic heterocycles. The van der Waals surface area contributed by atoms with Crippen LogP contribution in [-0.4, -0.2) is 22.1 Å². The molecule has 5 heteroatoms. The fourth-order valence-electron chi connectivity index (χ4n) is 3.31. The number of methoxy groups -OCH3 is 1. The summed E-state index contributed by atoms with van der Waals surface area (Å²) in [6.45, 7) is 4.03. The van der Waals surface area contributed by atoms with Crippen LogP contribution in [0.2, 0.25) is 0 Å². The molecule has 0 radical (unpaired) electrons. The monoisotopic (exact) mass is 358 g/mol. The topological polar surface area (TPSA) is 62.8 Å². The quantitative estimate of drug-likeness (QED) is 0.523. The van der Waals surface area contributed by atoms with Gasteiger partial charge in [-0.25, -0.2) is 9.97 Å². The molecule has 2 aromatic rings. The predicted octanol–water partition coefficient (Wildman–Crippen LogP) is 5.07. The number of rotatable bonds is 5. The van der Waals surface area contributed by atoms with Crippen LogP contribution in [0, 0.1) is 6.92 Å². The molecule has 0 saturated carbocycles. The molecule has 27 heavy (non-hydrogen) atoms. The van der Waals surface area contributed by atoms with E-state index in [1.165, 1.54) is 11.1 Å². The van der Waals surface area contributed by atoms with Crippen molar-refractivity contribution in [2.45, 2.75) is 19.9 Å². The lowest BCUT2D eigenvalue weighted by Gasteiger charge is -2.17. The molecule has 0 fully saturated rings. The predicted molar refractivity (Wildman–Crippen MR) is 108 cm³/mol. The number of benzene rings is 1. The molecule has 2 heterocycles. The van der Waals surface area contributed by atoms with Crippen molar-refractivity contribution < 1.29 is 4.74 Å². The van der Waals surface area contributed by atoms with E-state index >= 15 is 0 Å². The van der Waals surface area contributed by atoms with E-state index in [0.717, 1.165) is 34.2 Å². The summed E-state index contributed by atoms with van der Waals surface area (Å²) in [6.07, 6.45) is 3.93. The summed E-state index contributed by atoms with van der Waals surface area (Å²) in [6, 6.07) is 16.4. The number of hydrogen-bond acceptors (Lipinski definition) is 4. The molecular formula is C22H22N4O. The average Bonchev–Trinajstić information content (AvgIpc) is 3.12. The highest BCUT2D eigenvalue weighted by molar-refractivity contribution is 5.85. The van der Waals surface area contributed by atoms with Crippen LogP contribution >= 0.6 is 0 Å². The van der Waals surface area contributed by atoms with Gasteiger partial charge in [-0.2, -0.15) is 0 Å². The fourth-order valence-corrected chi connectivity index (χ4v) is 3.31. The van der Waals surface area contributed by atoms with E-state index in [0.29, 0.717) is 0 Å². The third kappa shape index (κ3) is 3.49. The Morgan fingerprint density at radius 1 is 1.04 bits per heavy atom. The van der Waals surface area contributed by atoms with Gasteiger partial charge in [0.2, 0.25) is 0 Å². The maximum atomic E-state index is 5.33. The zero-order valence-corrected chi connectivity index (χ0v) is 15.7. The Balaban J connectivity index is 1.64. The van der Waals surface area contributed by atoms with E-state index in [2.05, 4.69) is 51.5 Å². The molecule has 0 spiro atoms.